The summed E-state index contributed by atoms with van der Waals surface area (Å²) < 4.78 is 0. The van der Waals surface area contributed by atoms with Crippen LogP contribution < -0.4 is 0 Å². The summed E-state index contributed by atoms with van der Waals surface area (Å²) in [4.78, 5) is 0. The van der Waals surface area contributed by atoms with Crippen LogP contribution in [0.4, 0.5) is 0 Å². The third-order valence-electron chi connectivity index (χ3n) is 2.57. The molecule has 0 radical (unpaired) electrons. The molecule has 4 rings (SSSR count). The highest BCUT2D eigenvalue weighted by molar-refractivity contribution is 5.54. The standard InChI is InChI=1S/C4H6N2/c1-3-4(2)5(3)6(3)4/h1-2H3. The highest BCUT2D eigenvalue weighted by atomic mass is 16.3. The van der Waals surface area contributed by atoms with E-state index in [0.29, 0.717) is 11.3 Å². The van der Waals surface area contributed by atoms with Gasteiger partial charge in [0.05, 0.1) is 0 Å². The first-order chi connectivity index (χ1) is 2.74. The molecular formula is C4H6N2. The van der Waals surface area contributed by atoms with Crippen LogP contribution in [0.2, 0.25) is 0 Å². The minimum absolute atomic E-state index is 0.604. The van der Waals surface area contributed by atoms with E-state index in [1.807, 2.05) is 0 Å². The second-order valence-corrected chi connectivity index (χ2v) is 2.67. The zero-order valence-electron chi connectivity index (χ0n) is 3.89. The number of nitrogens with zero attached hydrogens (tertiary/aromatic N) is 2. The van der Waals surface area contributed by atoms with E-state index in [-0.39, 0.29) is 0 Å². The predicted molar refractivity (Wildman–Crippen MR) is 20.5 cm³/mol. The van der Waals surface area contributed by atoms with Crippen LogP contribution in [0.25, 0.3) is 0 Å². The van der Waals surface area contributed by atoms with E-state index in [9.17, 15) is 0 Å². The molecule has 4 saturated heterocycles. The monoisotopic (exact) mass is 82.1 g/mol. The summed E-state index contributed by atoms with van der Waals surface area (Å²) in [5, 5.41) is 4.75. The summed E-state index contributed by atoms with van der Waals surface area (Å²) in [5.74, 6) is 0. The molecule has 0 atom stereocenters. The first-order valence-corrected chi connectivity index (χ1v) is 2.34. The van der Waals surface area contributed by atoms with Crippen LogP contribution in [0.5, 0.6) is 0 Å². The molecule has 4 aliphatic heterocycles. The van der Waals surface area contributed by atoms with Crippen molar-refractivity contribution in [3.63, 3.8) is 0 Å². The van der Waals surface area contributed by atoms with Gasteiger partial charge in [-0.25, -0.2) is 0 Å². The molecule has 2 heteroatoms. The Morgan fingerprint density at radius 1 is 1.00 bits per heavy atom. The van der Waals surface area contributed by atoms with Crippen LogP contribution in [-0.2, 0) is 0 Å². The topological polar surface area (TPSA) is 6.02 Å². The summed E-state index contributed by atoms with van der Waals surface area (Å²) in [6.45, 7) is 4.54. The number of hydrogen-bond acceptors (Lipinski definition) is 2. The first-order valence-electron chi connectivity index (χ1n) is 2.34. The molecule has 0 aliphatic carbocycles. The molecule has 0 bridgehead atoms. The fraction of sp³-hybridized carbons (Fsp3) is 1.00. The second kappa shape index (κ2) is 0.235. The van der Waals surface area contributed by atoms with Crippen molar-refractivity contribution in [2.75, 3.05) is 0 Å². The van der Waals surface area contributed by atoms with Gasteiger partial charge in [-0.1, -0.05) is 0 Å². The van der Waals surface area contributed by atoms with Gasteiger partial charge in [-0.05, 0) is 13.8 Å². The maximum atomic E-state index is 2.38. The smallest absolute Gasteiger partial charge is 0.136 e. The largest absolute Gasteiger partial charge is 0.189 e. The van der Waals surface area contributed by atoms with Gasteiger partial charge in [0.1, 0.15) is 11.3 Å². The van der Waals surface area contributed by atoms with Crippen molar-refractivity contribution in [2.24, 2.45) is 0 Å². The summed E-state index contributed by atoms with van der Waals surface area (Å²) in [7, 11) is 0. The van der Waals surface area contributed by atoms with Crippen LogP contribution in [0.15, 0.2) is 0 Å². The summed E-state index contributed by atoms with van der Waals surface area (Å²) >= 11 is 0. The Morgan fingerprint density at radius 2 is 1.17 bits per heavy atom. The van der Waals surface area contributed by atoms with Gasteiger partial charge < -0.3 is 0 Å². The molecule has 4 fully saturated rings. The van der Waals surface area contributed by atoms with Crippen LogP contribution in [0, 0.1) is 0 Å². The molecule has 0 spiro atoms. The first kappa shape index (κ1) is 2.28. The van der Waals surface area contributed by atoms with E-state index in [2.05, 4.69) is 23.9 Å². The van der Waals surface area contributed by atoms with Crippen LogP contribution in [0.3, 0.4) is 0 Å². The van der Waals surface area contributed by atoms with Gasteiger partial charge in [0.15, 0.2) is 0 Å². The lowest BCUT2D eigenvalue weighted by atomic mass is 10.4. The molecule has 6 heavy (non-hydrogen) atoms. The van der Waals surface area contributed by atoms with Crippen molar-refractivity contribution >= 4 is 0 Å². The number of hydrazine groups is 1. The lowest BCUT2D eigenvalue weighted by Crippen LogP contribution is -1.74. The van der Waals surface area contributed by atoms with Crippen LogP contribution >= 0.6 is 0 Å². The normalized spacial score (nSPS) is 101. The Hall–Kier alpha value is -0.0800. The van der Waals surface area contributed by atoms with Crippen molar-refractivity contribution in [2.45, 2.75) is 25.2 Å². The Bertz CT molecular complexity index is 126. The van der Waals surface area contributed by atoms with Gasteiger partial charge >= 0.3 is 0 Å². The van der Waals surface area contributed by atoms with Crippen molar-refractivity contribution in [1.82, 2.24) is 10.0 Å². The fourth-order valence-electron chi connectivity index (χ4n) is 1.58. The minimum atomic E-state index is 0.604. The molecule has 0 amide bonds. The van der Waals surface area contributed by atoms with Crippen LogP contribution in [0.1, 0.15) is 13.8 Å². The number of hydrogen-bond donors (Lipinski definition) is 0. The van der Waals surface area contributed by atoms with Crippen molar-refractivity contribution in [3.8, 4) is 0 Å². The summed E-state index contributed by atoms with van der Waals surface area (Å²) in [6.07, 6.45) is 0. The van der Waals surface area contributed by atoms with E-state index in [4.69, 9.17) is 0 Å². The predicted octanol–water partition coefficient (Wildman–Crippen LogP) is -0.0214. The van der Waals surface area contributed by atoms with E-state index in [1.165, 1.54) is 0 Å². The van der Waals surface area contributed by atoms with Gasteiger partial charge in [0, 0.05) is 0 Å². The van der Waals surface area contributed by atoms with Gasteiger partial charge in [-0.3, -0.25) is 0 Å². The summed E-state index contributed by atoms with van der Waals surface area (Å²) in [5.41, 5.74) is 1.21. The van der Waals surface area contributed by atoms with Crippen molar-refractivity contribution in [1.29, 1.82) is 0 Å². The lowest BCUT2D eigenvalue weighted by molar-refractivity contribution is 0.839. The average Bonchev–Trinajstić information content (AvgIpc) is 2.24. The SMILES string of the molecule is CC12N3N1C32C. The van der Waals surface area contributed by atoms with E-state index < -0.39 is 0 Å². The minimum Gasteiger partial charge on any atom is -0.189 e. The number of rotatable bonds is 0. The van der Waals surface area contributed by atoms with E-state index in [1.54, 1.807) is 0 Å². The molecule has 4 heterocycles. The Kier molecular flexibility index (Phi) is 0.0896. The van der Waals surface area contributed by atoms with Gasteiger partial charge in [-0.2, -0.15) is 10.0 Å². The Morgan fingerprint density at radius 3 is 1.17 bits per heavy atom. The molecule has 2 nitrogen and oxygen atoms in total. The van der Waals surface area contributed by atoms with E-state index >= 15 is 0 Å². The van der Waals surface area contributed by atoms with Crippen LogP contribution in [-0.4, -0.2) is 21.3 Å². The van der Waals surface area contributed by atoms with Gasteiger partial charge in [0.25, 0.3) is 0 Å². The summed E-state index contributed by atoms with van der Waals surface area (Å²) in [6, 6.07) is 0. The molecule has 0 unspecified atom stereocenters. The van der Waals surface area contributed by atoms with E-state index in [0.717, 1.165) is 0 Å². The molecular weight excluding hydrogens is 76.1 g/mol. The van der Waals surface area contributed by atoms with Crippen molar-refractivity contribution < 1.29 is 0 Å². The highest BCUT2D eigenvalue weighted by Gasteiger charge is 3.16. The molecule has 4 aliphatic rings. The zero-order valence-corrected chi connectivity index (χ0v) is 3.89. The third-order valence-corrected chi connectivity index (χ3v) is 2.57. The fourth-order valence-corrected chi connectivity index (χ4v) is 1.58. The Balaban J connectivity index is 2.37. The molecule has 0 aromatic carbocycles. The van der Waals surface area contributed by atoms with Gasteiger partial charge in [0.2, 0.25) is 0 Å². The van der Waals surface area contributed by atoms with Gasteiger partial charge in [-0.15, -0.1) is 0 Å². The highest BCUT2D eigenvalue weighted by Crippen LogP contribution is 2.93. The maximum Gasteiger partial charge on any atom is 0.136 e. The zero-order chi connectivity index (χ0) is 4.15. The molecule has 0 N–H and O–H groups in total. The maximum absolute atomic E-state index is 2.38. The Labute approximate surface area is 36.3 Å². The molecule has 32 valence electrons. The average molecular weight is 82.1 g/mol. The molecule has 0 saturated carbocycles. The second-order valence-electron chi connectivity index (χ2n) is 2.67. The van der Waals surface area contributed by atoms with Crippen molar-refractivity contribution in [3.05, 3.63) is 0 Å². The molecule has 0 aromatic rings. The quantitative estimate of drug-likeness (QED) is 0.379. The third kappa shape index (κ3) is 0.0400. The lowest BCUT2D eigenvalue weighted by Gasteiger charge is -1.53. The molecule has 0 aromatic heterocycles.